The molecule has 0 radical (unpaired) electrons. The second-order valence-electron chi connectivity index (χ2n) is 6.06. The lowest BCUT2D eigenvalue weighted by molar-refractivity contribution is -0.122. The van der Waals surface area contributed by atoms with Crippen LogP contribution in [0.2, 0.25) is 0 Å². The first kappa shape index (κ1) is 19.0. The van der Waals surface area contributed by atoms with Gasteiger partial charge in [0.15, 0.2) is 5.17 Å². The van der Waals surface area contributed by atoms with Crippen LogP contribution in [-0.2, 0) is 9.59 Å². The van der Waals surface area contributed by atoms with Gasteiger partial charge in [0.25, 0.3) is 0 Å². The molecule has 2 amide bonds. The molecule has 1 fully saturated rings. The molecule has 2 aromatic rings. The molecule has 0 aliphatic carbocycles. The zero-order valence-corrected chi connectivity index (χ0v) is 16.0. The van der Waals surface area contributed by atoms with Crippen molar-refractivity contribution < 1.29 is 14.3 Å². The van der Waals surface area contributed by atoms with E-state index in [1.807, 2.05) is 62.4 Å². The molecule has 1 saturated heterocycles. The standard InChI is InChI=1S/C20H21N3O3S/c1-3-26-16-10-8-15(9-11-16)22-20-23-19(25)17(27-20)12-18(24)21-14-6-4-13(2)5-7-14/h4-11,17H,3,12H2,1-2H3,(H,21,24)(H,22,23,25). The minimum atomic E-state index is -0.489. The van der Waals surface area contributed by atoms with E-state index in [-0.39, 0.29) is 18.2 Å². The molecule has 27 heavy (non-hydrogen) atoms. The number of hydrogen-bond acceptors (Lipinski definition) is 5. The number of nitrogens with zero attached hydrogens (tertiary/aromatic N) is 1. The zero-order valence-electron chi connectivity index (χ0n) is 15.2. The van der Waals surface area contributed by atoms with Crippen molar-refractivity contribution in [3.05, 3.63) is 54.1 Å². The average molecular weight is 383 g/mol. The van der Waals surface area contributed by atoms with E-state index in [0.717, 1.165) is 17.0 Å². The largest absolute Gasteiger partial charge is 0.494 e. The summed E-state index contributed by atoms with van der Waals surface area (Å²) in [6.45, 7) is 4.51. The molecule has 2 aromatic carbocycles. The summed E-state index contributed by atoms with van der Waals surface area (Å²) in [7, 11) is 0. The molecule has 1 atom stereocenters. The third kappa shape index (κ3) is 5.34. The summed E-state index contributed by atoms with van der Waals surface area (Å²) in [5, 5.41) is 5.55. The Bertz CT molecular complexity index is 848. The first-order chi connectivity index (χ1) is 13.0. The number of amides is 2. The molecule has 0 aromatic heterocycles. The van der Waals surface area contributed by atoms with Crippen molar-refractivity contribution in [2.24, 2.45) is 4.99 Å². The molecule has 3 rings (SSSR count). The highest BCUT2D eigenvalue weighted by Crippen LogP contribution is 2.26. The number of thioether (sulfide) groups is 1. The van der Waals surface area contributed by atoms with E-state index >= 15 is 0 Å². The molecule has 1 aliphatic rings. The summed E-state index contributed by atoms with van der Waals surface area (Å²) in [4.78, 5) is 28.8. The Balaban J connectivity index is 1.57. The Morgan fingerprint density at radius 1 is 1.19 bits per heavy atom. The van der Waals surface area contributed by atoms with E-state index in [2.05, 4.69) is 15.6 Å². The van der Waals surface area contributed by atoms with Crippen LogP contribution in [0.3, 0.4) is 0 Å². The van der Waals surface area contributed by atoms with Gasteiger partial charge >= 0.3 is 0 Å². The molecule has 7 heteroatoms. The van der Waals surface area contributed by atoms with Gasteiger partial charge in [-0.05, 0) is 50.2 Å². The van der Waals surface area contributed by atoms with Gasteiger partial charge in [-0.15, -0.1) is 0 Å². The Morgan fingerprint density at radius 3 is 2.56 bits per heavy atom. The van der Waals surface area contributed by atoms with Gasteiger partial charge in [0.1, 0.15) is 11.0 Å². The number of nitrogens with one attached hydrogen (secondary N) is 2. The number of benzene rings is 2. The van der Waals surface area contributed by atoms with Crippen molar-refractivity contribution in [3.8, 4) is 5.75 Å². The van der Waals surface area contributed by atoms with Crippen LogP contribution in [0.1, 0.15) is 18.9 Å². The van der Waals surface area contributed by atoms with Crippen LogP contribution in [0.4, 0.5) is 11.4 Å². The number of carbonyl (C=O) groups excluding carboxylic acids is 2. The fourth-order valence-corrected chi connectivity index (χ4v) is 3.50. The van der Waals surface area contributed by atoms with Crippen molar-refractivity contribution in [2.45, 2.75) is 25.5 Å². The predicted molar refractivity (Wildman–Crippen MR) is 109 cm³/mol. The Morgan fingerprint density at radius 2 is 1.89 bits per heavy atom. The van der Waals surface area contributed by atoms with Crippen LogP contribution in [0.5, 0.6) is 5.75 Å². The second kappa shape index (κ2) is 8.73. The summed E-state index contributed by atoms with van der Waals surface area (Å²) in [5.41, 5.74) is 2.55. The number of aliphatic imine (C=N–C) groups is 1. The van der Waals surface area contributed by atoms with Crippen LogP contribution in [-0.4, -0.2) is 28.8 Å². The number of ether oxygens (including phenoxy) is 1. The lowest BCUT2D eigenvalue weighted by atomic mass is 10.2. The average Bonchev–Trinajstić information content (AvgIpc) is 2.98. The van der Waals surface area contributed by atoms with Crippen LogP contribution in [0, 0.1) is 6.92 Å². The topological polar surface area (TPSA) is 79.8 Å². The molecule has 1 aliphatic heterocycles. The van der Waals surface area contributed by atoms with E-state index in [1.54, 1.807) is 0 Å². The number of anilines is 1. The molecule has 140 valence electrons. The van der Waals surface area contributed by atoms with E-state index in [1.165, 1.54) is 11.8 Å². The van der Waals surface area contributed by atoms with Crippen molar-refractivity contribution in [3.63, 3.8) is 0 Å². The maximum absolute atomic E-state index is 12.2. The van der Waals surface area contributed by atoms with Gasteiger partial charge in [0.05, 0.1) is 12.3 Å². The van der Waals surface area contributed by atoms with E-state index in [0.29, 0.717) is 17.5 Å². The highest BCUT2D eigenvalue weighted by atomic mass is 32.2. The monoisotopic (exact) mass is 383 g/mol. The molecule has 1 heterocycles. The lowest BCUT2D eigenvalue weighted by Gasteiger charge is -2.07. The zero-order chi connectivity index (χ0) is 19.2. The molecular weight excluding hydrogens is 362 g/mol. The van der Waals surface area contributed by atoms with Crippen LogP contribution >= 0.6 is 11.8 Å². The number of amidine groups is 1. The molecular formula is C20H21N3O3S. The fraction of sp³-hybridized carbons (Fsp3) is 0.250. The first-order valence-corrected chi connectivity index (χ1v) is 9.57. The Hall–Kier alpha value is -2.80. The number of rotatable bonds is 6. The highest BCUT2D eigenvalue weighted by molar-refractivity contribution is 8.15. The predicted octanol–water partition coefficient (Wildman–Crippen LogP) is 3.64. The molecule has 0 bridgehead atoms. The van der Waals surface area contributed by atoms with E-state index in [4.69, 9.17) is 4.74 Å². The minimum Gasteiger partial charge on any atom is -0.494 e. The Labute approximate surface area is 162 Å². The summed E-state index contributed by atoms with van der Waals surface area (Å²) < 4.78 is 5.40. The summed E-state index contributed by atoms with van der Waals surface area (Å²) in [6, 6.07) is 14.8. The Kier molecular flexibility index (Phi) is 6.13. The van der Waals surface area contributed by atoms with Gasteiger partial charge in [-0.2, -0.15) is 0 Å². The van der Waals surface area contributed by atoms with Crippen LogP contribution < -0.4 is 15.4 Å². The third-order valence-corrected chi connectivity index (χ3v) is 4.94. The quantitative estimate of drug-likeness (QED) is 0.798. The number of carbonyl (C=O) groups is 2. The summed E-state index contributed by atoms with van der Waals surface area (Å²) >= 11 is 1.27. The molecule has 1 unspecified atom stereocenters. The number of hydrogen-bond donors (Lipinski definition) is 2. The molecule has 6 nitrogen and oxygen atoms in total. The van der Waals surface area contributed by atoms with Crippen LogP contribution in [0.15, 0.2) is 53.5 Å². The normalized spacial score (nSPS) is 17.6. The second-order valence-corrected chi connectivity index (χ2v) is 7.25. The van der Waals surface area contributed by atoms with E-state index < -0.39 is 5.25 Å². The number of aryl methyl sites for hydroxylation is 1. The first-order valence-electron chi connectivity index (χ1n) is 8.69. The third-order valence-electron chi connectivity index (χ3n) is 3.86. The van der Waals surface area contributed by atoms with Crippen molar-refractivity contribution >= 4 is 40.1 Å². The maximum atomic E-state index is 12.2. The lowest BCUT2D eigenvalue weighted by Crippen LogP contribution is -2.28. The van der Waals surface area contributed by atoms with Crippen molar-refractivity contribution in [2.75, 3.05) is 11.9 Å². The SMILES string of the molecule is CCOc1ccc(N=C2NC(=O)C(CC(=O)Nc3ccc(C)cc3)S2)cc1. The smallest absolute Gasteiger partial charge is 0.240 e. The van der Waals surface area contributed by atoms with Crippen molar-refractivity contribution in [1.82, 2.24) is 5.32 Å². The molecule has 2 N–H and O–H groups in total. The van der Waals surface area contributed by atoms with Gasteiger partial charge in [-0.3, -0.25) is 9.59 Å². The molecule has 0 saturated carbocycles. The van der Waals surface area contributed by atoms with Crippen molar-refractivity contribution in [1.29, 1.82) is 0 Å². The highest BCUT2D eigenvalue weighted by Gasteiger charge is 2.32. The van der Waals surface area contributed by atoms with Gasteiger partial charge in [-0.25, -0.2) is 4.99 Å². The van der Waals surface area contributed by atoms with Crippen LogP contribution in [0.25, 0.3) is 0 Å². The fourth-order valence-electron chi connectivity index (χ4n) is 2.51. The molecule has 0 spiro atoms. The maximum Gasteiger partial charge on any atom is 0.240 e. The minimum absolute atomic E-state index is 0.0900. The van der Waals surface area contributed by atoms with Gasteiger partial charge in [-0.1, -0.05) is 29.5 Å². The summed E-state index contributed by atoms with van der Waals surface area (Å²) in [6.07, 6.45) is 0.0900. The van der Waals surface area contributed by atoms with Gasteiger partial charge < -0.3 is 15.4 Å². The van der Waals surface area contributed by atoms with Gasteiger partial charge in [0.2, 0.25) is 11.8 Å². The summed E-state index contributed by atoms with van der Waals surface area (Å²) in [5.74, 6) is 0.368. The van der Waals surface area contributed by atoms with Gasteiger partial charge in [0, 0.05) is 12.1 Å². The van der Waals surface area contributed by atoms with E-state index in [9.17, 15) is 9.59 Å².